The molecule has 2 nitrogen and oxygen atoms in total. The van der Waals surface area contributed by atoms with Crippen LogP contribution in [-0.2, 0) is 4.57 Å². The zero-order chi connectivity index (χ0) is 14.2. The van der Waals surface area contributed by atoms with E-state index in [9.17, 15) is 9.46 Å². The molecule has 0 heterocycles. The first-order chi connectivity index (χ1) is 8.79. The Kier molecular flexibility index (Phi) is 4.52. The molecule has 0 fully saturated rings. The summed E-state index contributed by atoms with van der Waals surface area (Å²) in [5.41, 5.74) is 0. The Hall–Kier alpha value is -0.210. The Balaban J connectivity index is 2.61. The van der Waals surface area contributed by atoms with Gasteiger partial charge in [-0.1, -0.05) is 46.4 Å². The Labute approximate surface area is 130 Å². The van der Waals surface area contributed by atoms with Crippen LogP contribution in [0.5, 0.6) is 0 Å². The minimum Gasteiger partial charge on any atom is -0.338 e. The highest BCUT2D eigenvalue weighted by molar-refractivity contribution is 7.73. The van der Waals surface area contributed by atoms with E-state index in [2.05, 4.69) is 0 Å². The summed E-state index contributed by atoms with van der Waals surface area (Å²) < 4.78 is 12.5. The first kappa shape index (κ1) is 15.2. The van der Waals surface area contributed by atoms with Gasteiger partial charge in [0.05, 0.1) is 0 Å². The van der Waals surface area contributed by atoms with Crippen molar-refractivity contribution in [3.8, 4) is 0 Å². The van der Waals surface area contributed by atoms with Crippen molar-refractivity contribution in [1.82, 2.24) is 0 Å². The second-order valence-electron chi connectivity index (χ2n) is 3.83. The van der Waals surface area contributed by atoms with Gasteiger partial charge in [0, 0.05) is 30.7 Å². The highest BCUT2D eigenvalue weighted by Crippen LogP contribution is 2.40. The van der Waals surface area contributed by atoms with Crippen molar-refractivity contribution in [2.75, 3.05) is 0 Å². The van der Waals surface area contributed by atoms with Crippen molar-refractivity contribution in [1.29, 1.82) is 0 Å². The van der Waals surface area contributed by atoms with Crippen LogP contribution in [0.4, 0.5) is 0 Å². The van der Waals surface area contributed by atoms with E-state index < -0.39 is 7.37 Å². The van der Waals surface area contributed by atoms with Crippen molar-refractivity contribution < 1.29 is 9.46 Å². The third-order valence-electron chi connectivity index (χ3n) is 2.39. The van der Waals surface area contributed by atoms with Crippen molar-refractivity contribution in [3.05, 3.63) is 56.5 Å². The highest BCUT2D eigenvalue weighted by atomic mass is 35.5. The quantitative estimate of drug-likeness (QED) is 0.804. The third-order valence-corrected chi connectivity index (χ3v) is 5.18. The molecule has 7 heteroatoms. The molecule has 0 atom stereocenters. The number of hydrogen-bond donors (Lipinski definition) is 1. The van der Waals surface area contributed by atoms with E-state index in [0.29, 0.717) is 0 Å². The van der Waals surface area contributed by atoms with Crippen molar-refractivity contribution in [3.63, 3.8) is 0 Å². The lowest BCUT2D eigenvalue weighted by Crippen LogP contribution is -2.15. The van der Waals surface area contributed by atoms with Gasteiger partial charge in [-0.2, -0.15) is 0 Å². The van der Waals surface area contributed by atoms with Gasteiger partial charge in [-0.25, -0.2) is 0 Å². The van der Waals surface area contributed by atoms with E-state index >= 15 is 0 Å². The summed E-state index contributed by atoms with van der Waals surface area (Å²) >= 11 is 23.3. The molecule has 19 heavy (non-hydrogen) atoms. The molecule has 0 bridgehead atoms. The Morgan fingerprint density at radius 1 is 0.684 bits per heavy atom. The molecular formula is C12H7Cl4O2P. The van der Waals surface area contributed by atoms with Gasteiger partial charge in [0.2, 0.25) is 0 Å². The maximum Gasteiger partial charge on any atom is 0.258 e. The maximum atomic E-state index is 12.5. The predicted molar refractivity (Wildman–Crippen MR) is 82.0 cm³/mol. The summed E-state index contributed by atoms with van der Waals surface area (Å²) in [7, 11) is -3.84. The van der Waals surface area contributed by atoms with Gasteiger partial charge < -0.3 is 4.89 Å². The van der Waals surface area contributed by atoms with Gasteiger partial charge in [-0.15, -0.1) is 0 Å². The van der Waals surface area contributed by atoms with Crippen LogP contribution < -0.4 is 10.6 Å². The number of hydrogen-bond acceptors (Lipinski definition) is 1. The lowest BCUT2D eigenvalue weighted by Gasteiger charge is -2.13. The molecule has 2 aromatic carbocycles. The Bertz CT molecular complexity index is 591. The molecule has 0 aromatic heterocycles. The first-order valence-electron chi connectivity index (χ1n) is 5.05. The summed E-state index contributed by atoms with van der Waals surface area (Å²) in [5, 5.41) is 1.39. The van der Waals surface area contributed by atoms with Gasteiger partial charge in [0.1, 0.15) is 0 Å². The van der Waals surface area contributed by atoms with E-state index in [1.54, 1.807) is 0 Å². The van der Waals surface area contributed by atoms with Crippen LogP contribution in [0, 0.1) is 0 Å². The number of rotatable bonds is 2. The normalized spacial score (nSPS) is 11.6. The molecule has 0 aliphatic heterocycles. The molecular weight excluding hydrogens is 349 g/mol. The monoisotopic (exact) mass is 354 g/mol. The average Bonchev–Trinajstić information content (AvgIpc) is 2.26. The Morgan fingerprint density at radius 2 is 0.947 bits per heavy atom. The highest BCUT2D eigenvalue weighted by Gasteiger charge is 2.26. The van der Waals surface area contributed by atoms with Crippen molar-refractivity contribution >= 4 is 64.4 Å². The van der Waals surface area contributed by atoms with E-state index in [0.717, 1.165) is 0 Å². The van der Waals surface area contributed by atoms with Gasteiger partial charge in [0.25, 0.3) is 7.37 Å². The average molecular weight is 356 g/mol. The molecule has 2 aromatic rings. The second kappa shape index (κ2) is 5.65. The van der Waals surface area contributed by atoms with Crippen LogP contribution in [0.2, 0.25) is 20.1 Å². The topological polar surface area (TPSA) is 37.3 Å². The van der Waals surface area contributed by atoms with Crippen molar-refractivity contribution in [2.24, 2.45) is 0 Å². The first-order valence-corrected chi connectivity index (χ1v) is 8.22. The summed E-state index contributed by atoms with van der Waals surface area (Å²) in [4.78, 5) is 10.3. The molecule has 0 radical (unpaired) electrons. The molecule has 1 N–H and O–H groups in total. The van der Waals surface area contributed by atoms with E-state index in [1.165, 1.54) is 36.4 Å². The standard InChI is InChI=1S/C12H7Cl4O2P/c13-7-1-8(14)4-11(3-7)19(17,18)12-5-9(15)2-10(16)6-12/h1-6H,(H,17,18). The van der Waals surface area contributed by atoms with Gasteiger partial charge in [-0.05, 0) is 36.4 Å². The minimum absolute atomic E-state index is 0.128. The van der Waals surface area contributed by atoms with Crippen LogP contribution in [0.3, 0.4) is 0 Å². The molecule has 0 amide bonds. The molecule has 0 spiro atoms. The summed E-state index contributed by atoms with van der Waals surface area (Å²) in [6.45, 7) is 0. The predicted octanol–water partition coefficient (Wildman–Crippen LogP) is 4.52. The van der Waals surface area contributed by atoms with Crippen LogP contribution in [0.15, 0.2) is 36.4 Å². The third kappa shape index (κ3) is 3.46. The largest absolute Gasteiger partial charge is 0.338 e. The summed E-state index contributed by atoms with van der Waals surface area (Å²) in [6, 6.07) is 8.53. The Morgan fingerprint density at radius 3 is 1.21 bits per heavy atom. The number of halogens is 4. The lowest BCUT2D eigenvalue weighted by molar-refractivity contribution is 0.501. The number of benzene rings is 2. The summed E-state index contributed by atoms with van der Waals surface area (Å²) in [5.74, 6) is 0. The summed E-state index contributed by atoms with van der Waals surface area (Å²) in [6.07, 6.45) is 0. The molecule has 0 aliphatic carbocycles. The lowest BCUT2D eigenvalue weighted by atomic mass is 10.3. The van der Waals surface area contributed by atoms with Crippen molar-refractivity contribution in [2.45, 2.75) is 0 Å². The van der Waals surface area contributed by atoms with E-state index in [-0.39, 0.29) is 30.7 Å². The van der Waals surface area contributed by atoms with Gasteiger partial charge >= 0.3 is 0 Å². The zero-order valence-electron chi connectivity index (χ0n) is 9.28. The molecule has 0 aliphatic rings. The van der Waals surface area contributed by atoms with E-state index in [1.807, 2.05) is 0 Å². The van der Waals surface area contributed by atoms with Crippen LogP contribution >= 0.6 is 53.8 Å². The fourth-order valence-corrected chi connectivity index (χ4v) is 4.49. The molecule has 0 saturated carbocycles. The fraction of sp³-hybridized carbons (Fsp3) is 0. The molecule has 2 rings (SSSR count). The van der Waals surface area contributed by atoms with Crippen LogP contribution in [0.1, 0.15) is 0 Å². The van der Waals surface area contributed by atoms with Crippen LogP contribution in [-0.4, -0.2) is 4.89 Å². The smallest absolute Gasteiger partial charge is 0.258 e. The fourth-order valence-electron chi connectivity index (χ4n) is 1.58. The zero-order valence-corrected chi connectivity index (χ0v) is 13.2. The molecule has 0 unspecified atom stereocenters. The van der Waals surface area contributed by atoms with Gasteiger partial charge in [-0.3, -0.25) is 4.57 Å². The van der Waals surface area contributed by atoms with Gasteiger partial charge in [0.15, 0.2) is 0 Å². The van der Waals surface area contributed by atoms with E-state index in [4.69, 9.17) is 46.4 Å². The SMILES string of the molecule is O=P(O)(c1cc(Cl)cc(Cl)c1)c1cc(Cl)cc(Cl)c1. The molecule has 0 saturated heterocycles. The minimum atomic E-state index is -3.84. The second-order valence-corrected chi connectivity index (χ2v) is 7.76. The van der Waals surface area contributed by atoms with Crippen LogP contribution in [0.25, 0.3) is 0 Å². The molecule has 100 valence electrons. The maximum absolute atomic E-state index is 12.5.